The fourth-order valence-corrected chi connectivity index (χ4v) is 2.17. The fraction of sp³-hybridized carbons (Fsp3) is 0.500. The lowest BCUT2D eigenvalue weighted by Crippen LogP contribution is -2.43. The second kappa shape index (κ2) is 5.65. The van der Waals surface area contributed by atoms with E-state index in [0.717, 1.165) is 5.56 Å². The first kappa shape index (κ1) is 14.6. The summed E-state index contributed by atoms with van der Waals surface area (Å²) in [6.07, 6.45) is 2.05. The third kappa shape index (κ3) is 3.38. The molecular formula is C16H21NO3. The normalized spacial score (nSPS) is 15.9. The molecule has 20 heavy (non-hydrogen) atoms. The van der Waals surface area contributed by atoms with Crippen LogP contribution in [0.25, 0.3) is 0 Å². The number of amides is 1. The standard InChI is InChI=1S/C16H21NO3/c1-11(2)13-6-3-12(4-7-13)5-8-14(18)17-16(9-10-16)15(19)20/h3-4,6-7,11H,5,8-10H2,1-2H3,(H,17,18)(H,19,20). The molecule has 0 aliphatic heterocycles. The van der Waals surface area contributed by atoms with Crippen molar-refractivity contribution in [3.63, 3.8) is 0 Å². The van der Waals surface area contributed by atoms with E-state index in [1.165, 1.54) is 5.56 Å². The van der Waals surface area contributed by atoms with Crippen LogP contribution >= 0.6 is 0 Å². The van der Waals surface area contributed by atoms with Gasteiger partial charge in [-0.15, -0.1) is 0 Å². The van der Waals surface area contributed by atoms with Gasteiger partial charge in [-0.25, -0.2) is 4.79 Å². The van der Waals surface area contributed by atoms with Crippen LogP contribution in [0.1, 0.15) is 50.2 Å². The van der Waals surface area contributed by atoms with E-state index in [1.54, 1.807) is 0 Å². The highest BCUT2D eigenvalue weighted by Gasteiger charge is 2.51. The molecule has 0 unspecified atom stereocenters. The lowest BCUT2D eigenvalue weighted by molar-refractivity contribution is -0.143. The SMILES string of the molecule is CC(C)c1ccc(CCC(=O)NC2(C(=O)O)CC2)cc1. The average Bonchev–Trinajstić information content (AvgIpc) is 3.18. The van der Waals surface area contributed by atoms with Crippen molar-refractivity contribution in [2.45, 2.75) is 51.0 Å². The first-order valence-corrected chi connectivity index (χ1v) is 7.06. The highest BCUT2D eigenvalue weighted by molar-refractivity contribution is 5.89. The predicted molar refractivity (Wildman–Crippen MR) is 76.6 cm³/mol. The topological polar surface area (TPSA) is 66.4 Å². The Bertz CT molecular complexity index is 501. The number of hydrogen-bond donors (Lipinski definition) is 2. The van der Waals surface area contributed by atoms with E-state index in [9.17, 15) is 9.59 Å². The first-order valence-electron chi connectivity index (χ1n) is 7.06. The Morgan fingerprint density at radius 2 is 1.85 bits per heavy atom. The zero-order valence-corrected chi connectivity index (χ0v) is 12.0. The number of carbonyl (C=O) groups excluding carboxylic acids is 1. The van der Waals surface area contributed by atoms with E-state index >= 15 is 0 Å². The van der Waals surface area contributed by atoms with Gasteiger partial charge in [0.25, 0.3) is 0 Å². The number of carboxylic acid groups (broad SMARTS) is 1. The maximum absolute atomic E-state index is 11.8. The third-order valence-corrected chi connectivity index (χ3v) is 3.83. The minimum absolute atomic E-state index is 0.183. The fourth-order valence-electron chi connectivity index (χ4n) is 2.17. The number of rotatable bonds is 6. The van der Waals surface area contributed by atoms with Gasteiger partial charge in [-0.3, -0.25) is 4.79 Å². The van der Waals surface area contributed by atoms with Crippen LogP contribution < -0.4 is 5.32 Å². The molecule has 0 bridgehead atoms. The van der Waals surface area contributed by atoms with Crippen LogP contribution in [0.2, 0.25) is 0 Å². The third-order valence-electron chi connectivity index (χ3n) is 3.83. The Morgan fingerprint density at radius 3 is 2.30 bits per heavy atom. The predicted octanol–water partition coefficient (Wildman–Crippen LogP) is 2.48. The van der Waals surface area contributed by atoms with Gasteiger partial charge in [-0.1, -0.05) is 38.1 Å². The number of carbonyl (C=O) groups is 2. The van der Waals surface area contributed by atoms with Crippen LogP contribution in [0, 0.1) is 0 Å². The summed E-state index contributed by atoms with van der Waals surface area (Å²) < 4.78 is 0. The summed E-state index contributed by atoms with van der Waals surface area (Å²) in [6, 6.07) is 8.23. The van der Waals surface area contributed by atoms with Crippen molar-refractivity contribution in [1.29, 1.82) is 0 Å². The average molecular weight is 275 g/mol. The highest BCUT2D eigenvalue weighted by atomic mass is 16.4. The van der Waals surface area contributed by atoms with Crippen molar-refractivity contribution >= 4 is 11.9 Å². The molecule has 1 saturated carbocycles. The molecule has 0 spiro atoms. The number of nitrogens with one attached hydrogen (secondary N) is 1. The van der Waals surface area contributed by atoms with Gasteiger partial charge in [-0.05, 0) is 36.3 Å². The summed E-state index contributed by atoms with van der Waals surface area (Å²) in [5.74, 6) is -0.609. The van der Waals surface area contributed by atoms with Gasteiger partial charge in [-0.2, -0.15) is 0 Å². The first-order chi connectivity index (χ1) is 9.43. The van der Waals surface area contributed by atoms with E-state index in [1.807, 2.05) is 12.1 Å². The molecule has 0 aromatic heterocycles. The number of hydrogen-bond acceptors (Lipinski definition) is 2. The molecule has 1 fully saturated rings. The second-order valence-electron chi connectivity index (χ2n) is 5.83. The van der Waals surface area contributed by atoms with Gasteiger partial charge in [0.2, 0.25) is 5.91 Å². The molecule has 2 N–H and O–H groups in total. The van der Waals surface area contributed by atoms with Crippen molar-refractivity contribution in [2.75, 3.05) is 0 Å². The Morgan fingerprint density at radius 1 is 1.25 bits per heavy atom. The monoisotopic (exact) mass is 275 g/mol. The Labute approximate surface area is 119 Å². The summed E-state index contributed by atoms with van der Waals surface area (Å²) in [6.45, 7) is 4.28. The van der Waals surface area contributed by atoms with Crippen LogP contribution in [-0.4, -0.2) is 22.5 Å². The van der Waals surface area contributed by atoms with Gasteiger partial charge in [0.05, 0.1) is 0 Å². The van der Waals surface area contributed by atoms with Gasteiger partial charge in [0.1, 0.15) is 5.54 Å². The van der Waals surface area contributed by atoms with Gasteiger partial charge >= 0.3 is 5.97 Å². The van der Waals surface area contributed by atoms with Crippen LogP contribution in [-0.2, 0) is 16.0 Å². The minimum atomic E-state index is -0.974. The van der Waals surface area contributed by atoms with Crippen molar-refractivity contribution in [3.8, 4) is 0 Å². The molecule has 4 nitrogen and oxygen atoms in total. The Kier molecular flexibility index (Phi) is 4.12. The van der Waals surface area contributed by atoms with Crippen molar-refractivity contribution in [1.82, 2.24) is 5.32 Å². The highest BCUT2D eigenvalue weighted by Crippen LogP contribution is 2.35. The molecule has 0 atom stereocenters. The van der Waals surface area contributed by atoms with E-state index < -0.39 is 11.5 Å². The maximum Gasteiger partial charge on any atom is 0.329 e. The van der Waals surface area contributed by atoms with E-state index in [0.29, 0.717) is 31.6 Å². The number of benzene rings is 1. The van der Waals surface area contributed by atoms with E-state index in [-0.39, 0.29) is 5.91 Å². The molecule has 0 radical (unpaired) electrons. The molecule has 2 rings (SSSR count). The molecule has 4 heteroatoms. The summed E-state index contributed by atoms with van der Waals surface area (Å²) in [5, 5.41) is 11.6. The van der Waals surface area contributed by atoms with Crippen molar-refractivity contribution in [2.24, 2.45) is 0 Å². The van der Waals surface area contributed by atoms with Crippen molar-refractivity contribution < 1.29 is 14.7 Å². The second-order valence-corrected chi connectivity index (χ2v) is 5.83. The smallest absolute Gasteiger partial charge is 0.329 e. The molecule has 1 aromatic carbocycles. The summed E-state index contributed by atoms with van der Waals surface area (Å²) in [7, 11) is 0. The molecule has 0 saturated heterocycles. The summed E-state index contributed by atoms with van der Waals surface area (Å²) in [4.78, 5) is 22.8. The van der Waals surface area contributed by atoms with Gasteiger partial charge in [0.15, 0.2) is 0 Å². The molecule has 1 aliphatic rings. The van der Waals surface area contributed by atoms with Crippen LogP contribution in [0.3, 0.4) is 0 Å². The zero-order valence-electron chi connectivity index (χ0n) is 12.0. The van der Waals surface area contributed by atoms with Crippen LogP contribution in [0.15, 0.2) is 24.3 Å². The minimum Gasteiger partial charge on any atom is -0.480 e. The quantitative estimate of drug-likeness (QED) is 0.838. The van der Waals surface area contributed by atoms with E-state index in [4.69, 9.17) is 5.11 Å². The molecule has 108 valence electrons. The summed E-state index contributed by atoms with van der Waals surface area (Å²) >= 11 is 0. The molecule has 1 aliphatic carbocycles. The Hall–Kier alpha value is -1.84. The van der Waals surface area contributed by atoms with Gasteiger partial charge < -0.3 is 10.4 Å². The molecule has 1 amide bonds. The van der Waals surface area contributed by atoms with Crippen LogP contribution in [0.5, 0.6) is 0 Å². The Balaban J connectivity index is 1.83. The largest absolute Gasteiger partial charge is 0.480 e. The molecule has 1 aromatic rings. The summed E-state index contributed by atoms with van der Waals surface area (Å²) in [5.41, 5.74) is 1.41. The molecule has 0 heterocycles. The lowest BCUT2D eigenvalue weighted by atomic mass is 10.0. The number of aliphatic carboxylic acids is 1. The molecular weight excluding hydrogens is 254 g/mol. The number of aryl methyl sites for hydroxylation is 1. The zero-order chi connectivity index (χ0) is 14.8. The maximum atomic E-state index is 11.8. The van der Waals surface area contributed by atoms with E-state index in [2.05, 4.69) is 31.3 Å². The lowest BCUT2D eigenvalue weighted by Gasteiger charge is -2.12. The van der Waals surface area contributed by atoms with Crippen molar-refractivity contribution in [3.05, 3.63) is 35.4 Å². The number of carboxylic acids is 1. The van der Waals surface area contributed by atoms with Gasteiger partial charge in [0, 0.05) is 6.42 Å². The van der Waals surface area contributed by atoms with Crippen LogP contribution in [0.4, 0.5) is 0 Å².